The Labute approximate surface area is 164 Å². The van der Waals surface area contributed by atoms with E-state index in [-0.39, 0.29) is 5.56 Å². The summed E-state index contributed by atoms with van der Waals surface area (Å²) in [7, 11) is -1.04. The molecule has 1 N–H and O–H groups in total. The van der Waals surface area contributed by atoms with Crippen molar-refractivity contribution in [1.29, 1.82) is 0 Å². The van der Waals surface area contributed by atoms with E-state index in [1.54, 1.807) is 36.4 Å². The molecule has 0 aliphatic rings. The summed E-state index contributed by atoms with van der Waals surface area (Å²) in [6.45, 7) is 1.47. The number of carbonyl (C=O) groups is 2. The van der Waals surface area contributed by atoms with E-state index in [0.717, 1.165) is 10.6 Å². The average molecular weight is 406 g/mol. The Hall–Kier alpha value is -3.07. The van der Waals surface area contributed by atoms with E-state index in [0.29, 0.717) is 17.1 Å². The summed E-state index contributed by atoms with van der Waals surface area (Å²) >= 11 is 0. The maximum absolute atomic E-state index is 12.7. The Bertz CT molecular complexity index is 974. The SMILES string of the molecule is COC(=O)c1cccc(NC(=O)C(C)N(c2cccc(OC)c2)S(C)(=O)=O)c1. The smallest absolute Gasteiger partial charge is 0.337 e. The van der Waals surface area contributed by atoms with Crippen LogP contribution in [0.3, 0.4) is 0 Å². The number of amides is 1. The number of rotatable bonds is 7. The van der Waals surface area contributed by atoms with Crippen molar-refractivity contribution in [2.75, 3.05) is 30.1 Å². The number of esters is 1. The number of benzene rings is 2. The lowest BCUT2D eigenvalue weighted by Crippen LogP contribution is -2.45. The molecule has 2 aromatic rings. The largest absolute Gasteiger partial charge is 0.497 e. The Morgan fingerprint density at radius 3 is 2.36 bits per heavy atom. The second-order valence-electron chi connectivity index (χ2n) is 6.00. The maximum atomic E-state index is 12.7. The fraction of sp³-hybridized carbons (Fsp3) is 0.263. The molecule has 1 atom stereocenters. The van der Waals surface area contributed by atoms with Crippen LogP contribution in [-0.2, 0) is 19.6 Å². The molecule has 0 heterocycles. The molecular weight excluding hydrogens is 384 g/mol. The van der Waals surface area contributed by atoms with Crippen LogP contribution in [0.4, 0.5) is 11.4 Å². The molecule has 8 nitrogen and oxygen atoms in total. The fourth-order valence-electron chi connectivity index (χ4n) is 2.64. The molecule has 9 heteroatoms. The highest BCUT2D eigenvalue weighted by atomic mass is 32.2. The summed E-state index contributed by atoms with van der Waals surface area (Å²) in [5.41, 5.74) is 0.910. The molecule has 0 aliphatic heterocycles. The third kappa shape index (κ3) is 5.01. The second-order valence-corrected chi connectivity index (χ2v) is 7.86. The Kier molecular flexibility index (Phi) is 6.63. The minimum atomic E-state index is -3.76. The van der Waals surface area contributed by atoms with Crippen LogP contribution >= 0.6 is 0 Å². The summed E-state index contributed by atoms with van der Waals surface area (Å²) < 4.78 is 35.5. The van der Waals surface area contributed by atoms with Crippen molar-refractivity contribution in [1.82, 2.24) is 0 Å². The Morgan fingerprint density at radius 1 is 1.07 bits per heavy atom. The van der Waals surface area contributed by atoms with Gasteiger partial charge in [-0.15, -0.1) is 0 Å². The van der Waals surface area contributed by atoms with Gasteiger partial charge in [0.05, 0.1) is 31.7 Å². The van der Waals surface area contributed by atoms with E-state index in [2.05, 4.69) is 10.1 Å². The van der Waals surface area contributed by atoms with Gasteiger partial charge in [0.1, 0.15) is 11.8 Å². The first-order valence-electron chi connectivity index (χ1n) is 8.30. The van der Waals surface area contributed by atoms with Crippen LogP contribution in [-0.4, -0.2) is 46.8 Å². The monoisotopic (exact) mass is 406 g/mol. The van der Waals surface area contributed by atoms with Crippen LogP contribution in [0, 0.1) is 0 Å². The van der Waals surface area contributed by atoms with Crippen LogP contribution in [0.2, 0.25) is 0 Å². The van der Waals surface area contributed by atoms with Crippen molar-refractivity contribution >= 4 is 33.3 Å². The van der Waals surface area contributed by atoms with Gasteiger partial charge < -0.3 is 14.8 Å². The standard InChI is InChI=1S/C19H22N2O6S/c1-13(18(22)20-15-8-5-7-14(11-15)19(23)27-3)21(28(4,24)25)16-9-6-10-17(12-16)26-2/h5-13H,1-4H3,(H,20,22). The fourth-order valence-corrected chi connectivity index (χ4v) is 3.81. The molecule has 0 spiro atoms. The molecule has 150 valence electrons. The predicted octanol–water partition coefficient (Wildman–Crippen LogP) is 2.28. The van der Waals surface area contributed by atoms with Crippen LogP contribution in [0.25, 0.3) is 0 Å². The lowest BCUT2D eigenvalue weighted by Gasteiger charge is -2.28. The van der Waals surface area contributed by atoms with Gasteiger partial charge in [0.25, 0.3) is 0 Å². The van der Waals surface area contributed by atoms with Gasteiger partial charge in [-0.25, -0.2) is 13.2 Å². The molecule has 2 rings (SSSR count). The maximum Gasteiger partial charge on any atom is 0.337 e. The van der Waals surface area contributed by atoms with Crippen LogP contribution in [0.5, 0.6) is 5.75 Å². The van der Waals surface area contributed by atoms with Gasteiger partial charge in [-0.3, -0.25) is 9.10 Å². The number of nitrogens with zero attached hydrogens (tertiary/aromatic N) is 1. The van der Waals surface area contributed by atoms with Gasteiger partial charge in [0.15, 0.2) is 0 Å². The van der Waals surface area contributed by atoms with Gasteiger partial charge in [0.2, 0.25) is 15.9 Å². The zero-order valence-electron chi connectivity index (χ0n) is 16.0. The molecule has 0 radical (unpaired) electrons. The molecule has 0 fully saturated rings. The van der Waals surface area contributed by atoms with E-state index in [9.17, 15) is 18.0 Å². The first-order chi connectivity index (χ1) is 13.2. The predicted molar refractivity (Wildman–Crippen MR) is 106 cm³/mol. The number of hydrogen-bond donors (Lipinski definition) is 1. The summed E-state index contributed by atoms with van der Waals surface area (Å²) in [5, 5.41) is 2.63. The first-order valence-corrected chi connectivity index (χ1v) is 10.1. The Morgan fingerprint density at radius 2 is 1.75 bits per heavy atom. The number of anilines is 2. The number of ether oxygens (including phenoxy) is 2. The zero-order chi connectivity index (χ0) is 20.9. The molecule has 0 aliphatic carbocycles. The number of hydrogen-bond acceptors (Lipinski definition) is 6. The molecule has 28 heavy (non-hydrogen) atoms. The topological polar surface area (TPSA) is 102 Å². The highest BCUT2D eigenvalue weighted by Gasteiger charge is 2.29. The van der Waals surface area contributed by atoms with Crippen LogP contribution in [0.15, 0.2) is 48.5 Å². The van der Waals surface area contributed by atoms with E-state index < -0.39 is 27.9 Å². The molecule has 2 aromatic carbocycles. The molecule has 1 unspecified atom stereocenters. The summed E-state index contributed by atoms with van der Waals surface area (Å²) in [6, 6.07) is 11.5. The van der Waals surface area contributed by atoms with Crippen LogP contribution in [0.1, 0.15) is 17.3 Å². The minimum absolute atomic E-state index is 0.265. The summed E-state index contributed by atoms with van der Waals surface area (Å²) in [5.74, 6) is -0.641. The second kappa shape index (κ2) is 8.75. The lowest BCUT2D eigenvalue weighted by molar-refractivity contribution is -0.116. The highest BCUT2D eigenvalue weighted by molar-refractivity contribution is 7.92. The molecule has 1 amide bonds. The number of sulfonamides is 1. The van der Waals surface area contributed by atoms with E-state index in [4.69, 9.17) is 4.74 Å². The molecular formula is C19H22N2O6S. The lowest BCUT2D eigenvalue weighted by atomic mass is 10.2. The average Bonchev–Trinajstić information content (AvgIpc) is 2.66. The van der Waals surface area contributed by atoms with Crippen LogP contribution < -0.4 is 14.4 Å². The third-order valence-electron chi connectivity index (χ3n) is 3.95. The minimum Gasteiger partial charge on any atom is -0.497 e. The van der Waals surface area contributed by atoms with Gasteiger partial charge in [-0.1, -0.05) is 12.1 Å². The number of methoxy groups -OCH3 is 2. The van der Waals surface area contributed by atoms with E-state index in [1.807, 2.05) is 0 Å². The number of nitrogens with one attached hydrogen (secondary N) is 1. The van der Waals surface area contributed by atoms with Crippen molar-refractivity contribution < 1.29 is 27.5 Å². The molecule has 0 aromatic heterocycles. The highest BCUT2D eigenvalue weighted by Crippen LogP contribution is 2.25. The first kappa shape index (κ1) is 21.2. The van der Waals surface area contributed by atoms with Crippen molar-refractivity contribution in [3.8, 4) is 5.75 Å². The normalized spacial score (nSPS) is 12.0. The molecule has 0 bridgehead atoms. The van der Waals surface area contributed by atoms with Crippen molar-refractivity contribution in [2.45, 2.75) is 13.0 Å². The van der Waals surface area contributed by atoms with E-state index >= 15 is 0 Å². The van der Waals surface area contributed by atoms with Crippen molar-refractivity contribution in [3.05, 3.63) is 54.1 Å². The third-order valence-corrected chi connectivity index (χ3v) is 5.19. The number of carbonyl (C=O) groups excluding carboxylic acids is 2. The van der Waals surface area contributed by atoms with Gasteiger partial charge in [-0.2, -0.15) is 0 Å². The summed E-state index contributed by atoms with van der Waals surface area (Å²) in [6.07, 6.45) is 1.02. The van der Waals surface area contributed by atoms with Gasteiger partial charge in [0, 0.05) is 11.8 Å². The quantitative estimate of drug-likeness (QED) is 0.708. The van der Waals surface area contributed by atoms with Gasteiger partial charge >= 0.3 is 5.97 Å². The molecule has 0 saturated heterocycles. The molecule has 0 saturated carbocycles. The van der Waals surface area contributed by atoms with E-state index in [1.165, 1.54) is 33.3 Å². The van der Waals surface area contributed by atoms with Gasteiger partial charge in [-0.05, 0) is 37.3 Å². The summed E-state index contributed by atoms with van der Waals surface area (Å²) in [4.78, 5) is 24.4. The Balaban J connectivity index is 2.31. The van der Waals surface area contributed by atoms with Crippen molar-refractivity contribution in [2.24, 2.45) is 0 Å². The zero-order valence-corrected chi connectivity index (χ0v) is 16.8. The van der Waals surface area contributed by atoms with Crippen molar-refractivity contribution in [3.63, 3.8) is 0 Å².